The molecule has 1 N–H and O–H groups in total. The predicted molar refractivity (Wildman–Crippen MR) is 56.0 cm³/mol. The highest BCUT2D eigenvalue weighted by molar-refractivity contribution is 8.13. The van der Waals surface area contributed by atoms with Gasteiger partial charge in [-0.25, -0.2) is 8.42 Å². The van der Waals surface area contributed by atoms with Gasteiger partial charge in [-0.2, -0.15) is 0 Å². The Morgan fingerprint density at radius 1 is 1.64 bits per heavy atom. The molecule has 0 saturated carbocycles. The van der Waals surface area contributed by atoms with Crippen LogP contribution in [0.1, 0.15) is 12.8 Å². The van der Waals surface area contributed by atoms with Gasteiger partial charge in [-0.05, 0) is 25.3 Å². The van der Waals surface area contributed by atoms with Gasteiger partial charge >= 0.3 is 0 Å². The summed E-state index contributed by atoms with van der Waals surface area (Å²) in [6, 6.07) is 0. The van der Waals surface area contributed by atoms with Gasteiger partial charge in [-0.15, -0.1) is 0 Å². The highest BCUT2D eigenvalue weighted by Gasteiger charge is 2.27. The lowest BCUT2D eigenvalue weighted by Crippen LogP contribution is -2.40. The molecule has 1 aliphatic heterocycles. The fourth-order valence-electron chi connectivity index (χ4n) is 1.79. The molecular formula is C8H16ClNO3S. The standard InChI is InChI=1S/C8H16ClNO3S/c1-13-8(6-14(9,11)12)7-3-2-4-10-5-7/h7-8,10H,2-6H2,1H3. The summed E-state index contributed by atoms with van der Waals surface area (Å²) in [6.07, 6.45) is 1.77. The van der Waals surface area contributed by atoms with Crippen molar-refractivity contribution in [1.82, 2.24) is 5.32 Å². The van der Waals surface area contributed by atoms with Crippen LogP contribution >= 0.6 is 10.7 Å². The summed E-state index contributed by atoms with van der Waals surface area (Å²) in [6.45, 7) is 1.81. The van der Waals surface area contributed by atoms with Gasteiger partial charge in [-0.3, -0.25) is 0 Å². The van der Waals surface area contributed by atoms with Crippen molar-refractivity contribution in [2.45, 2.75) is 18.9 Å². The zero-order valence-corrected chi connectivity index (χ0v) is 9.77. The first-order valence-corrected chi connectivity index (χ1v) is 7.16. The van der Waals surface area contributed by atoms with E-state index in [-0.39, 0.29) is 17.8 Å². The molecular weight excluding hydrogens is 226 g/mol. The molecule has 1 heterocycles. The van der Waals surface area contributed by atoms with Crippen molar-refractivity contribution in [2.24, 2.45) is 5.92 Å². The Balaban J connectivity index is 2.52. The smallest absolute Gasteiger partial charge is 0.235 e. The fourth-order valence-corrected chi connectivity index (χ4v) is 2.96. The third kappa shape index (κ3) is 4.13. The molecule has 0 aliphatic carbocycles. The first-order chi connectivity index (χ1) is 6.53. The molecule has 0 amide bonds. The second-order valence-electron chi connectivity index (χ2n) is 3.59. The number of hydrogen-bond acceptors (Lipinski definition) is 4. The first-order valence-electron chi connectivity index (χ1n) is 4.69. The monoisotopic (exact) mass is 241 g/mol. The lowest BCUT2D eigenvalue weighted by atomic mass is 9.95. The summed E-state index contributed by atoms with van der Waals surface area (Å²) < 4.78 is 27.0. The fraction of sp³-hybridized carbons (Fsp3) is 1.00. The summed E-state index contributed by atoms with van der Waals surface area (Å²) in [4.78, 5) is 0. The number of hydrogen-bond donors (Lipinski definition) is 1. The van der Waals surface area contributed by atoms with Crippen molar-refractivity contribution in [3.8, 4) is 0 Å². The molecule has 0 aromatic carbocycles. The summed E-state index contributed by atoms with van der Waals surface area (Å²) in [5, 5.41) is 3.22. The number of halogens is 1. The predicted octanol–water partition coefficient (Wildman–Crippen LogP) is 0.570. The van der Waals surface area contributed by atoms with Gasteiger partial charge in [0.1, 0.15) is 0 Å². The molecule has 4 nitrogen and oxygen atoms in total. The Morgan fingerprint density at radius 3 is 2.79 bits per heavy atom. The van der Waals surface area contributed by atoms with Gasteiger partial charge in [0, 0.05) is 24.3 Å². The molecule has 14 heavy (non-hydrogen) atoms. The van der Waals surface area contributed by atoms with E-state index in [9.17, 15) is 8.42 Å². The van der Waals surface area contributed by atoms with E-state index in [1.807, 2.05) is 0 Å². The SMILES string of the molecule is COC(CS(=O)(=O)Cl)C1CCCNC1. The summed E-state index contributed by atoms with van der Waals surface area (Å²) in [7, 11) is 3.26. The van der Waals surface area contributed by atoms with E-state index in [1.54, 1.807) is 0 Å². The molecule has 0 spiro atoms. The molecule has 2 atom stereocenters. The minimum Gasteiger partial charge on any atom is -0.380 e. The topological polar surface area (TPSA) is 55.4 Å². The average Bonchev–Trinajstić information content (AvgIpc) is 2.14. The Kier molecular flexibility index (Phi) is 4.63. The number of ether oxygens (including phenoxy) is 1. The van der Waals surface area contributed by atoms with E-state index in [0.29, 0.717) is 0 Å². The molecule has 84 valence electrons. The van der Waals surface area contributed by atoms with Crippen molar-refractivity contribution >= 4 is 19.7 Å². The molecule has 1 aliphatic rings. The minimum atomic E-state index is -3.47. The maximum atomic E-state index is 10.9. The van der Waals surface area contributed by atoms with Gasteiger partial charge in [-0.1, -0.05) is 0 Å². The number of piperidine rings is 1. The van der Waals surface area contributed by atoms with Crippen molar-refractivity contribution < 1.29 is 13.2 Å². The quantitative estimate of drug-likeness (QED) is 0.732. The Hall–Kier alpha value is 0.160. The van der Waals surface area contributed by atoms with E-state index < -0.39 is 9.05 Å². The summed E-state index contributed by atoms with van der Waals surface area (Å²) in [5.74, 6) is 0.152. The second kappa shape index (κ2) is 5.30. The third-order valence-corrected chi connectivity index (χ3v) is 3.63. The third-order valence-electron chi connectivity index (χ3n) is 2.53. The van der Waals surface area contributed by atoms with Crippen molar-refractivity contribution in [3.05, 3.63) is 0 Å². The van der Waals surface area contributed by atoms with Crippen LogP contribution in [0.4, 0.5) is 0 Å². The van der Waals surface area contributed by atoms with Gasteiger partial charge in [0.05, 0.1) is 11.9 Å². The minimum absolute atomic E-state index is 0.0998. The lowest BCUT2D eigenvalue weighted by Gasteiger charge is -2.28. The van der Waals surface area contributed by atoms with E-state index >= 15 is 0 Å². The van der Waals surface area contributed by atoms with Crippen LogP contribution in [0.25, 0.3) is 0 Å². The Labute approximate surface area is 89.4 Å². The molecule has 6 heteroatoms. The van der Waals surface area contributed by atoms with E-state index in [1.165, 1.54) is 7.11 Å². The van der Waals surface area contributed by atoms with Crippen LogP contribution in [0, 0.1) is 5.92 Å². The van der Waals surface area contributed by atoms with Gasteiger partial charge in [0.2, 0.25) is 9.05 Å². The van der Waals surface area contributed by atoms with E-state index in [2.05, 4.69) is 5.32 Å². The molecule has 1 fully saturated rings. The van der Waals surface area contributed by atoms with Crippen LogP contribution in [0.15, 0.2) is 0 Å². The number of rotatable bonds is 4. The normalized spacial score (nSPS) is 26.0. The Morgan fingerprint density at radius 2 is 2.36 bits per heavy atom. The van der Waals surface area contributed by atoms with Crippen molar-refractivity contribution in [2.75, 3.05) is 26.0 Å². The molecule has 0 bridgehead atoms. The highest BCUT2D eigenvalue weighted by atomic mass is 35.7. The zero-order valence-electron chi connectivity index (χ0n) is 8.20. The van der Waals surface area contributed by atoms with Gasteiger partial charge in [0.15, 0.2) is 0 Å². The summed E-state index contributed by atoms with van der Waals surface area (Å²) >= 11 is 0. The average molecular weight is 242 g/mol. The van der Waals surface area contributed by atoms with Crippen molar-refractivity contribution in [1.29, 1.82) is 0 Å². The highest BCUT2D eigenvalue weighted by Crippen LogP contribution is 2.19. The van der Waals surface area contributed by atoms with Crippen LogP contribution < -0.4 is 5.32 Å². The molecule has 0 radical (unpaired) electrons. The Bertz CT molecular complexity index is 262. The largest absolute Gasteiger partial charge is 0.380 e. The van der Waals surface area contributed by atoms with Crippen LogP contribution in [0.2, 0.25) is 0 Å². The van der Waals surface area contributed by atoms with Crippen LogP contribution in [-0.4, -0.2) is 40.5 Å². The van der Waals surface area contributed by atoms with Crippen LogP contribution in [0.5, 0.6) is 0 Å². The maximum Gasteiger partial charge on any atom is 0.235 e. The molecule has 1 saturated heterocycles. The van der Waals surface area contributed by atoms with Gasteiger partial charge in [0.25, 0.3) is 0 Å². The van der Waals surface area contributed by atoms with Gasteiger partial charge < -0.3 is 10.1 Å². The van der Waals surface area contributed by atoms with Crippen molar-refractivity contribution in [3.63, 3.8) is 0 Å². The molecule has 0 aromatic rings. The van der Waals surface area contributed by atoms with Crippen LogP contribution in [0.3, 0.4) is 0 Å². The van der Waals surface area contributed by atoms with E-state index in [4.69, 9.17) is 15.4 Å². The summed E-state index contributed by atoms with van der Waals surface area (Å²) in [5.41, 5.74) is 0. The number of methoxy groups -OCH3 is 1. The van der Waals surface area contributed by atoms with E-state index in [0.717, 1.165) is 25.9 Å². The maximum absolute atomic E-state index is 10.9. The molecule has 2 unspecified atom stereocenters. The first kappa shape index (κ1) is 12.2. The lowest BCUT2D eigenvalue weighted by molar-refractivity contribution is 0.0588. The molecule has 0 aromatic heterocycles. The molecule has 1 rings (SSSR count). The zero-order chi connectivity index (χ0) is 10.6. The van der Waals surface area contributed by atoms with Crippen LogP contribution in [-0.2, 0) is 13.8 Å². The number of nitrogens with one attached hydrogen (secondary N) is 1. The second-order valence-corrected chi connectivity index (χ2v) is 6.41.